The topological polar surface area (TPSA) is 12.9 Å². The van der Waals surface area contributed by atoms with E-state index in [1.165, 1.54) is 61.9 Å². The number of aryl methyl sites for hydroxylation is 1. The van der Waals surface area contributed by atoms with Gasteiger partial charge in [-0.25, -0.2) is 0 Å². The summed E-state index contributed by atoms with van der Waals surface area (Å²) in [6.45, 7) is 13.8. The van der Waals surface area contributed by atoms with Gasteiger partial charge in [-0.05, 0) is 88.4 Å². The van der Waals surface area contributed by atoms with Gasteiger partial charge in [0.1, 0.15) is 0 Å². The fourth-order valence-corrected chi connectivity index (χ4v) is 8.87. The Labute approximate surface area is 213 Å². The molecule has 0 spiro atoms. The first-order chi connectivity index (χ1) is 16.2. The number of hydrogen-bond acceptors (Lipinski definition) is 4. The van der Waals surface area contributed by atoms with E-state index in [1.807, 2.05) is 40.2 Å². The van der Waals surface area contributed by atoms with Crippen molar-refractivity contribution in [1.29, 1.82) is 0 Å². The van der Waals surface area contributed by atoms with Crippen LogP contribution < -0.4 is 0 Å². The molecule has 0 amide bonds. The van der Waals surface area contributed by atoms with Gasteiger partial charge in [0.2, 0.25) is 0 Å². The molecule has 4 heterocycles. The van der Waals surface area contributed by atoms with Crippen molar-refractivity contribution >= 4 is 74.4 Å². The Balaban J connectivity index is 1.59. The standard InChI is InChI=1S/C30H29NS3/c1-16(2)11-24-17(3)21-14-22-20-7-9-31-27(29(20)34-26(22)15-25(21)33-24)19-12-18-8-10-32-28(18)23(13-19)30(4,5)6/h7-10,12-16H,11H2,1-6H3. The maximum Gasteiger partial charge on any atom is 0.0880 e. The molecule has 0 bridgehead atoms. The van der Waals surface area contributed by atoms with Gasteiger partial charge >= 0.3 is 0 Å². The molecule has 0 saturated heterocycles. The third-order valence-electron chi connectivity index (χ3n) is 6.77. The van der Waals surface area contributed by atoms with E-state index < -0.39 is 0 Å². The molecule has 0 saturated carbocycles. The van der Waals surface area contributed by atoms with E-state index in [1.54, 1.807) is 0 Å². The van der Waals surface area contributed by atoms with Gasteiger partial charge in [0.15, 0.2) is 0 Å². The molecule has 6 aromatic rings. The molecule has 2 aromatic carbocycles. The van der Waals surface area contributed by atoms with Crippen LogP contribution in [0.15, 0.2) is 48.0 Å². The molecular formula is C30H29NS3. The minimum absolute atomic E-state index is 0.0861. The lowest BCUT2D eigenvalue weighted by atomic mass is 9.85. The number of rotatable bonds is 3. The van der Waals surface area contributed by atoms with Crippen LogP contribution in [0, 0.1) is 12.8 Å². The highest BCUT2D eigenvalue weighted by atomic mass is 32.1. The number of pyridine rings is 1. The number of hydrogen-bond donors (Lipinski definition) is 0. The lowest BCUT2D eigenvalue weighted by molar-refractivity contribution is 0.597. The van der Waals surface area contributed by atoms with Gasteiger partial charge in [-0.1, -0.05) is 34.6 Å². The highest BCUT2D eigenvalue weighted by Crippen LogP contribution is 2.44. The molecule has 1 nitrogen and oxygen atoms in total. The predicted octanol–water partition coefficient (Wildman–Crippen LogP) is 10.4. The molecule has 0 aliphatic heterocycles. The average molecular weight is 500 g/mol. The van der Waals surface area contributed by atoms with E-state index >= 15 is 0 Å². The first kappa shape index (κ1) is 22.2. The molecule has 0 atom stereocenters. The molecule has 6 rings (SSSR count). The summed E-state index contributed by atoms with van der Waals surface area (Å²) in [5.41, 5.74) is 5.29. The van der Waals surface area contributed by atoms with Crippen molar-refractivity contribution in [2.75, 3.05) is 0 Å². The fourth-order valence-electron chi connectivity index (χ4n) is 5.01. The van der Waals surface area contributed by atoms with Crippen molar-refractivity contribution in [3.05, 3.63) is 64.0 Å². The Morgan fingerprint density at radius 3 is 2.44 bits per heavy atom. The molecule has 0 fully saturated rings. The quantitative estimate of drug-likeness (QED) is 0.236. The molecule has 0 aliphatic carbocycles. The van der Waals surface area contributed by atoms with Crippen LogP contribution in [0.25, 0.3) is 51.6 Å². The molecule has 4 heteroatoms. The maximum atomic E-state index is 4.92. The second-order valence-electron chi connectivity index (χ2n) is 10.8. The fraction of sp³-hybridized carbons (Fsp3) is 0.300. The smallest absolute Gasteiger partial charge is 0.0880 e. The Hall–Kier alpha value is -2.27. The second-order valence-corrected chi connectivity index (χ2v) is 13.9. The summed E-state index contributed by atoms with van der Waals surface area (Å²) >= 11 is 5.72. The van der Waals surface area contributed by atoms with Crippen LogP contribution in [0.4, 0.5) is 0 Å². The number of nitrogens with zero attached hydrogens (tertiary/aromatic N) is 1. The average Bonchev–Trinajstić information content (AvgIpc) is 3.46. The molecule has 34 heavy (non-hydrogen) atoms. The van der Waals surface area contributed by atoms with Crippen molar-refractivity contribution < 1.29 is 0 Å². The lowest BCUT2D eigenvalue weighted by Gasteiger charge is -2.21. The molecule has 4 aromatic heterocycles. The third-order valence-corrected chi connectivity index (χ3v) is 10.2. The van der Waals surface area contributed by atoms with Crippen LogP contribution in [0.1, 0.15) is 50.6 Å². The number of fused-ring (bicyclic) bond motifs is 5. The minimum atomic E-state index is 0.0861. The van der Waals surface area contributed by atoms with Crippen molar-refractivity contribution in [2.45, 2.75) is 53.4 Å². The van der Waals surface area contributed by atoms with Crippen molar-refractivity contribution in [1.82, 2.24) is 4.98 Å². The van der Waals surface area contributed by atoms with Crippen molar-refractivity contribution in [2.24, 2.45) is 5.92 Å². The van der Waals surface area contributed by atoms with Gasteiger partial charge in [-0.3, -0.25) is 4.98 Å². The molecule has 172 valence electrons. The summed E-state index contributed by atoms with van der Waals surface area (Å²) in [7, 11) is 0. The lowest BCUT2D eigenvalue weighted by Crippen LogP contribution is -2.11. The molecule has 0 unspecified atom stereocenters. The zero-order chi connectivity index (χ0) is 23.8. The Morgan fingerprint density at radius 2 is 1.68 bits per heavy atom. The van der Waals surface area contributed by atoms with Crippen LogP contribution in [-0.4, -0.2) is 4.98 Å². The first-order valence-electron chi connectivity index (χ1n) is 12.0. The molecule has 0 N–H and O–H groups in total. The largest absolute Gasteiger partial charge is 0.255 e. The molecule has 0 aliphatic rings. The summed E-state index contributed by atoms with van der Waals surface area (Å²) in [5, 5.41) is 7.63. The third kappa shape index (κ3) is 3.50. The van der Waals surface area contributed by atoms with Gasteiger partial charge in [0.05, 0.1) is 10.4 Å². The molecule has 0 radical (unpaired) electrons. The summed E-state index contributed by atoms with van der Waals surface area (Å²) < 4.78 is 5.47. The van der Waals surface area contributed by atoms with E-state index in [0.717, 1.165) is 12.1 Å². The second kappa shape index (κ2) is 7.87. The summed E-state index contributed by atoms with van der Waals surface area (Å²) in [6, 6.07) is 14.0. The number of thiophene rings is 3. The van der Waals surface area contributed by atoms with Crippen LogP contribution >= 0.6 is 34.0 Å². The van der Waals surface area contributed by atoms with Gasteiger partial charge < -0.3 is 0 Å². The zero-order valence-electron chi connectivity index (χ0n) is 20.6. The normalized spacial score (nSPS) is 12.8. The van der Waals surface area contributed by atoms with E-state index in [2.05, 4.69) is 83.3 Å². The summed E-state index contributed by atoms with van der Waals surface area (Å²) in [4.78, 5) is 6.46. The van der Waals surface area contributed by atoms with Crippen molar-refractivity contribution in [3.8, 4) is 11.3 Å². The van der Waals surface area contributed by atoms with E-state index in [0.29, 0.717) is 5.92 Å². The monoisotopic (exact) mass is 499 g/mol. The highest BCUT2D eigenvalue weighted by Gasteiger charge is 2.21. The number of benzene rings is 2. The van der Waals surface area contributed by atoms with Gasteiger partial charge in [0.25, 0.3) is 0 Å². The van der Waals surface area contributed by atoms with Crippen LogP contribution in [0.5, 0.6) is 0 Å². The Kier molecular flexibility index (Phi) is 5.14. The van der Waals surface area contributed by atoms with E-state index in [-0.39, 0.29) is 5.41 Å². The summed E-state index contributed by atoms with van der Waals surface area (Å²) in [6.07, 6.45) is 3.15. The Bertz CT molecular complexity index is 1700. The van der Waals surface area contributed by atoms with Crippen molar-refractivity contribution in [3.63, 3.8) is 0 Å². The van der Waals surface area contributed by atoms with Crippen LogP contribution in [0.3, 0.4) is 0 Å². The van der Waals surface area contributed by atoms with Gasteiger partial charge in [-0.2, -0.15) is 0 Å². The van der Waals surface area contributed by atoms with Crippen LogP contribution in [-0.2, 0) is 11.8 Å². The predicted molar refractivity (Wildman–Crippen MR) is 155 cm³/mol. The Morgan fingerprint density at radius 1 is 0.882 bits per heavy atom. The van der Waals surface area contributed by atoms with E-state index in [9.17, 15) is 0 Å². The van der Waals surface area contributed by atoms with Crippen LogP contribution in [0.2, 0.25) is 0 Å². The summed E-state index contributed by atoms with van der Waals surface area (Å²) in [5.74, 6) is 0.681. The molecular weight excluding hydrogens is 471 g/mol. The van der Waals surface area contributed by atoms with E-state index in [4.69, 9.17) is 4.98 Å². The SMILES string of the molecule is Cc1c(CC(C)C)sc2cc3sc4c(-c5cc(C(C)(C)C)c6sccc6c5)nccc4c3cc12. The maximum absolute atomic E-state index is 4.92. The zero-order valence-corrected chi connectivity index (χ0v) is 23.0. The number of aromatic nitrogens is 1. The first-order valence-corrected chi connectivity index (χ1v) is 14.5. The highest BCUT2D eigenvalue weighted by molar-refractivity contribution is 7.27. The minimum Gasteiger partial charge on any atom is -0.255 e. The van der Waals surface area contributed by atoms with Gasteiger partial charge in [0, 0.05) is 41.5 Å². The van der Waals surface area contributed by atoms with Gasteiger partial charge in [-0.15, -0.1) is 34.0 Å².